The van der Waals surface area contributed by atoms with Gasteiger partial charge >= 0.3 is 0 Å². The Morgan fingerprint density at radius 3 is 1.45 bits per heavy atom. The highest BCUT2D eigenvalue weighted by atomic mass is 14.9. The van der Waals surface area contributed by atoms with Crippen molar-refractivity contribution in [2.45, 2.75) is 5.41 Å². The van der Waals surface area contributed by atoms with Crippen LogP contribution in [0.3, 0.4) is 0 Å². The highest BCUT2D eigenvalue weighted by molar-refractivity contribution is 5.99. The van der Waals surface area contributed by atoms with Gasteiger partial charge in [-0.25, -0.2) is 9.97 Å². The summed E-state index contributed by atoms with van der Waals surface area (Å²) in [7, 11) is 0. The highest BCUT2D eigenvalue weighted by Crippen LogP contribution is 2.61. The van der Waals surface area contributed by atoms with Crippen molar-refractivity contribution in [1.82, 2.24) is 15.0 Å². The van der Waals surface area contributed by atoms with E-state index in [-0.39, 0.29) is 0 Å². The van der Waals surface area contributed by atoms with Crippen LogP contribution < -0.4 is 0 Å². The Kier molecular flexibility index (Phi) is 8.44. The van der Waals surface area contributed by atoms with Gasteiger partial charge in [0.2, 0.25) is 0 Å². The normalized spacial score (nSPS) is 12.7. The van der Waals surface area contributed by atoms with Gasteiger partial charge in [-0.15, -0.1) is 0 Å². The lowest BCUT2D eigenvalue weighted by atomic mass is 9.65. The fourth-order valence-electron chi connectivity index (χ4n) is 10.7. The molecule has 9 aromatic carbocycles. The second-order valence-electron chi connectivity index (χ2n) is 17.1. The molecule has 3 heteroatoms. The van der Waals surface area contributed by atoms with E-state index in [1.54, 1.807) is 6.20 Å². The second kappa shape index (κ2) is 14.8. The Morgan fingerprint density at radius 2 is 0.785 bits per heavy atom. The lowest BCUT2D eigenvalue weighted by molar-refractivity contribution is 0.775. The van der Waals surface area contributed by atoms with Crippen molar-refractivity contribution >= 4 is 10.8 Å². The van der Waals surface area contributed by atoms with E-state index in [0.717, 1.165) is 39.2 Å². The van der Waals surface area contributed by atoms with Crippen LogP contribution >= 0.6 is 0 Å². The van der Waals surface area contributed by atoms with E-state index in [1.165, 1.54) is 77.5 Å². The average molecular weight is 826 g/mol. The maximum Gasteiger partial charge on any atom is 0.160 e. The van der Waals surface area contributed by atoms with Gasteiger partial charge in [0.15, 0.2) is 5.82 Å². The summed E-state index contributed by atoms with van der Waals surface area (Å²) in [6, 6.07) is 81.7. The zero-order chi connectivity index (χ0) is 42.9. The van der Waals surface area contributed by atoms with Crippen LogP contribution in [0.2, 0.25) is 0 Å². The molecule has 0 bridgehead atoms. The van der Waals surface area contributed by atoms with Gasteiger partial charge in [0.05, 0.1) is 16.8 Å². The molecule has 0 saturated carbocycles. The summed E-state index contributed by atoms with van der Waals surface area (Å²) >= 11 is 0. The summed E-state index contributed by atoms with van der Waals surface area (Å²) in [4.78, 5) is 15.1. The first kappa shape index (κ1) is 37.1. The minimum absolute atomic E-state index is 0.591. The van der Waals surface area contributed by atoms with Gasteiger partial charge in [0.25, 0.3) is 0 Å². The number of pyridine rings is 1. The predicted octanol–water partition coefficient (Wildman–Crippen LogP) is 15.4. The highest BCUT2D eigenvalue weighted by Gasteiger charge is 2.49. The third-order valence-electron chi connectivity index (χ3n) is 13.7. The van der Waals surface area contributed by atoms with Crippen LogP contribution in [0, 0.1) is 0 Å². The lowest BCUT2D eigenvalue weighted by Gasteiger charge is -2.35. The van der Waals surface area contributed by atoms with Crippen LogP contribution in [0.1, 0.15) is 22.3 Å². The van der Waals surface area contributed by atoms with Crippen molar-refractivity contribution in [2.75, 3.05) is 0 Å². The Hall–Kier alpha value is -8.53. The summed E-state index contributed by atoms with van der Waals surface area (Å²) in [5, 5.41) is 2.47. The van der Waals surface area contributed by atoms with E-state index >= 15 is 0 Å². The molecule has 13 rings (SSSR count). The van der Waals surface area contributed by atoms with Crippen LogP contribution in [-0.4, -0.2) is 15.0 Å². The van der Waals surface area contributed by atoms with Gasteiger partial charge in [0.1, 0.15) is 0 Å². The maximum absolute atomic E-state index is 5.44. The van der Waals surface area contributed by atoms with Crippen molar-refractivity contribution in [3.63, 3.8) is 0 Å². The molecule has 65 heavy (non-hydrogen) atoms. The van der Waals surface area contributed by atoms with E-state index in [4.69, 9.17) is 9.97 Å². The molecule has 2 aromatic heterocycles. The van der Waals surface area contributed by atoms with Gasteiger partial charge in [0, 0.05) is 29.1 Å². The van der Waals surface area contributed by atoms with E-state index < -0.39 is 5.41 Å². The molecule has 0 unspecified atom stereocenters. The quantitative estimate of drug-likeness (QED) is 0.173. The van der Waals surface area contributed by atoms with Crippen LogP contribution in [0.25, 0.3) is 100 Å². The average Bonchev–Trinajstić information content (AvgIpc) is 3.63. The molecule has 3 nitrogen and oxygen atoms in total. The second-order valence-corrected chi connectivity index (χ2v) is 17.1. The Balaban J connectivity index is 1.04. The van der Waals surface area contributed by atoms with E-state index in [9.17, 15) is 0 Å². The number of hydrogen-bond donors (Lipinski definition) is 0. The van der Waals surface area contributed by atoms with Gasteiger partial charge < -0.3 is 0 Å². The molecule has 0 atom stereocenters. The number of rotatable bonds is 5. The monoisotopic (exact) mass is 825 g/mol. The number of fused-ring (bicyclic) bond motifs is 13. The molecule has 0 fully saturated rings. The fraction of sp³-hybridized carbons (Fsp3) is 0.0161. The fourth-order valence-corrected chi connectivity index (χ4v) is 10.7. The molecule has 0 amide bonds. The van der Waals surface area contributed by atoms with Crippen molar-refractivity contribution < 1.29 is 0 Å². The van der Waals surface area contributed by atoms with E-state index in [2.05, 4.69) is 223 Å². The molecule has 0 aliphatic heterocycles. The molecule has 0 N–H and O–H groups in total. The minimum Gasteiger partial charge on any atom is -0.264 e. The number of aromatic nitrogens is 3. The van der Waals surface area contributed by atoms with Crippen molar-refractivity contribution in [3.8, 4) is 89.5 Å². The SMILES string of the molecule is c1cncc(-c2ccc(-c3nc(-c4ccc(-c5cccc6ccccc56)cc4)cc(-c4ccc5c(c4)C4(c6ccccc6-c6ccccc6-5)c5ccccc5-c5ccccc54)n3)cc2)c1. The molecule has 0 radical (unpaired) electrons. The van der Waals surface area contributed by atoms with E-state index in [1.807, 2.05) is 12.3 Å². The Morgan fingerprint density at radius 1 is 0.292 bits per heavy atom. The van der Waals surface area contributed by atoms with Gasteiger partial charge in [-0.1, -0.05) is 206 Å². The minimum atomic E-state index is -0.591. The first-order valence-corrected chi connectivity index (χ1v) is 22.2. The summed E-state index contributed by atoms with van der Waals surface area (Å²) in [6.07, 6.45) is 3.70. The summed E-state index contributed by atoms with van der Waals surface area (Å²) in [6.45, 7) is 0. The molecular weight excluding hydrogens is 787 g/mol. The van der Waals surface area contributed by atoms with Crippen LogP contribution in [0.5, 0.6) is 0 Å². The molecule has 11 aromatic rings. The van der Waals surface area contributed by atoms with Crippen LogP contribution in [-0.2, 0) is 5.41 Å². The summed E-state index contributed by atoms with van der Waals surface area (Å²) in [5.41, 5.74) is 21.3. The van der Waals surface area contributed by atoms with Crippen LogP contribution in [0.15, 0.2) is 237 Å². The number of benzene rings is 9. The Labute approximate surface area is 378 Å². The van der Waals surface area contributed by atoms with Crippen LogP contribution in [0.4, 0.5) is 0 Å². The van der Waals surface area contributed by atoms with E-state index in [0.29, 0.717) is 5.82 Å². The molecule has 0 saturated heterocycles. The standard InChI is InChI=1S/C62H39N3/c1-2-16-47-41(13-1)14-11-22-48(47)42-28-30-43(31-29-42)59-38-60(65-61(64-59)44-32-26-40(27-33-44)46-15-12-36-63-39-46)45-34-35-54-50-18-4-3-17-49(50)51-19-5-8-23-55(51)62(58(54)37-45)56-24-9-6-20-52(56)53-21-7-10-25-57(53)62/h1-39H. The van der Waals surface area contributed by atoms with Crippen molar-refractivity contribution in [1.29, 1.82) is 0 Å². The maximum atomic E-state index is 5.44. The van der Waals surface area contributed by atoms with Gasteiger partial charge in [-0.2, -0.15) is 0 Å². The number of hydrogen-bond acceptors (Lipinski definition) is 3. The third-order valence-corrected chi connectivity index (χ3v) is 13.7. The molecule has 2 aliphatic rings. The lowest BCUT2D eigenvalue weighted by Crippen LogP contribution is -2.29. The van der Waals surface area contributed by atoms with Crippen molar-refractivity contribution in [2.24, 2.45) is 0 Å². The molecule has 2 aliphatic carbocycles. The number of nitrogens with zero attached hydrogens (tertiary/aromatic N) is 3. The first-order valence-electron chi connectivity index (χ1n) is 22.2. The van der Waals surface area contributed by atoms with Gasteiger partial charge in [-0.3, -0.25) is 4.98 Å². The zero-order valence-electron chi connectivity index (χ0n) is 35.4. The topological polar surface area (TPSA) is 38.7 Å². The molecule has 302 valence electrons. The molecule has 2 heterocycles. The molecule has 1 spiro atoms. The molecular formula is C62H39N3. The van der Waals surface area contributed by atoms with Gasteiger partial charge in [-0.05, 0) is 107 Å². The smallest absolute Gasteiger partial charge is 0.160 e. The third kappa shape index (κ3) is 5.79. The largest absolute Gasteiger partial charge is 0.264 e. The first-order chi connectivity index (χ1) is 32.2. The Bertz CT molecular complexity index is 3590. The predicted molar refractivity (Wildman–Crippen MR) is 266 cm³/mol. The summed E-state index contributed by atoms with van der Waals surface area (Å²) < 4.78 is 0. The van der Waals surface area contributed by atoms with Crippen molar-refractivity contribution in [3.05, 3.63) is 259 Å². The summed E-state index contributed by atoms with van der Waals surface area (Å²) in [5.74, 6) is 0.672. The zero-order valence-corrected chi connectivity index (χ0v) is 35.4.